The van der Waals surface area contributed by atoms with Gasteiger partial charge in [-0.3, -0.25) is 14.2 Å². The minimum Gasteiger partial charge on any atom is -0.467 e. The Bertz CT molecular complexity index is 1220. The number of piperidine rings is 1. The number of amides is 1. The van der Waals surface area contributed by atoms with E-state index in [2.05, 4.69) is 4.98 Å². The first kappa shape index (κ1) is 23.5. The minimum atomic E-state index is -0.564. The largest absolute Gasteiger partial charge is 0.467 e. The molecule has 9 nitrogen and oxygen atoms in total. The van der Waals surface area contributed by atoms with Crippen molar-refractivity contribution in [2.45, 2.75) is 52.4 Å². The molecule has 0 atom stereocenters. The molecule has 0 spiro atoms. The van der Waals surface area contributed by atoms with Crippen molar-refractivity contribution in [3.05, 3.63) is 64.6 Å². The number of benzene rings is 1. The fraction of sp³-hybridized carbons (Fsp3) is 0.440. The molecule has 1 fully saturated rings. The van der Waals surface area contributed by atoms with Crippen LogP contribution in [0.4, 0.5) is 4.79 Å². The molecular formula is C25H29N3O6. The van der Waals surface area contributed by atoms with E-state index < -0.39 is 5.60 Å². The number of para-hydroxylation sites is 1. The lowest BCUT2D eigenvalue weighted by molar-refractivity contribution is -0.151. The quantitative estimate of drug-likeness (QED) is 0.527. The summed E-state index contributed by atoms with van der Waals surface area (Å²) in [6, 6.07) is 10.6. The van der Waals surface area contributed by atoms with Gasteiger partial charge in [-0.15, -0.1) is 0 Å². The highest BCUT2D eigenvalue weighted by molar-refractivity contribution is 5.77. The van der Waals surface area contributed by atoms with Crippen molar-refractivity contribution in [1.82, 2.24) is 14.5 Å². The number of hydrogen-bond acceptors (Lipinski definition) is 7. The molecule has 0 N–H and O–H groups in total. The molecule has 2 aromatic heterocycles. The molecule has 0 saturated carbocycles. The molecule has 4 rings (SSSR count). The molecule has 34 heavy (non-hydrogen) atoms. The summed E-state index contributed by atoms with van der Waals surface area (Å²) in [6.45, 7) is 6.36. The van der Waals surface area contributed by atoms with Crippen LogP contribution in [0, 0.1) is 5.92 Å². The number of furan rings is 1. The number of carbonyl (C=O) groups excluding carboxylic acids is 2. The monoisotopic (exact) mass is 467 g/mol. The molecule has 0 aliphatic carbocycles. The summed E-state index contributed by atoms with van der Waals surface area (Å²) >= 11 is 0. The standard InChI is InChI=1S/C25H29N3O6/c1-25(2,3)34-24(31)27-12-10-17(11-13-27)23(30)33-16-21-26-20-9-5-4-8-19(20)22(29)28(21)15-18-7-6-14-32-18/h4-9,14,17H,10-13,15-16H2,1-3H3. The Kier molecular flexibility index (Phi) is 6.72. The normalized spacial score (nSPS) is 14.9. The van der Waals surface area contributed by atoms with E-state index in [4.69, 9.17) is 13.9 Å². The van der Waals surface area contributed by atoms with Gasteiger partial charge in [-0.1, -0.05) is 12.1 Å². The molecule has 1 amide bonds. The molecule has 0 unspecified atom stereocenters. The highest BCUT2D eigenvalue weighted by atomic mass is 16.6. The van der Waals surface area contributed by atoms with E-state index in [9.17, 15) is 14.4 Å². The second-order valence-electron chi connectivity index (χ2n) is 9.37. The van der Waals surface area contributed by atoms with Gasteiger partial charge < -0.3 is 18.8 Å². The topological polar surface area (TPSA) is 104 Å². The Hall–Kier alpha value is -3.62. The van der Waals surface area contributed by atoms with E-state index in [0.717, 1.165) is 0 Å². The van der Waals surface area contributed by atoms with E-state index in [1.807, 2.05) is 20.8 Å². The molecule has 0 bridgehead atoms. The SMILES string of the molecule is CC(C)(C)OC(=O)N1CCC(C(=O)OCc2nc3ccccc3c(=O)n2Cc2ccco2)CC1. The average Bonchev–Trinajstić information content (AvgIpc) is 3.32. The van der Waals surface area contributed by atoms with Crippen LogP contribution < -0.4 is 5.56 Å². The Morgan fingerprint density at radius 3 is 2.53 bits per heavy atom. The molecular weight excluding hydrogens is 438 g/mol. The molecule has 180 valence electrons. The van der Waals surface area contributed by atoms with Crippen molar-refractivity contribution < 1.29 is 23.5 Å². The van der Waals surface area contributed by atoms with Crippen LogP contribution in [0.15, 0.2) is 51.9 Å². The maximum atomic E-state index is 13.1. The van der Waals surface area contributed by atoms with Gasteiger partial charge in [-0.2, -0.15) is 0 Å². The van der Waals surface area contributed by atoms with Crippen LogP contribution >= 0.6 is 0 Å². The van der Waals surface area contributed by atoms with Crippen LogP contribution in [0.5, 0.6) is 0 Å². The third kappa shape index (κ3) is 5.47. The smallest absolute Gasteiger partial charge is 0.410 e. The molecule has 1 aliphatic rings. The summed E-state index contributed by atoms with van der Waals surface area (Å²) in [6.07, 6.45) is 2.14. The van der Waals surface area contributed by atoms with E-state index in [1.54, 1.807) is 41.3 Å². The van der Waals surface area contributed by atoms with Crippen LogP contribution in [0.2, 0.25) is 0 Å². The van der Waals surface area contributed by atoms with Gasteiger partial charge in [0.1, 0.15) is 18.0 Å². The Labute approximate surface area is 197 Å². The van der Waals surface area contributed by atoms with Crippen LogP contribution in [0.3, 0.4) is 0 Å². The van der Waals surface area contributed by atoms with Gasteiger partial charge in [0.05, 0.1) is 29.6 Å². The first-order valence-corrected chi connectivity index (χ1v) is 11.4. The molecule has 1 saturated heterocycles. The molecule has 1 aromatic carbocycles. The Morgan fingerprint density at radius 1 is 1.12 bits per heavy atom. The highest BCUT2D eigenvalue weighted by Crippen LogP contribution is 2.21. The second kappa shape index (κ2) is 9.70. The first-order valence-electron chi connectivity index (χ1n) is 11.4. The van der Waals surface area contributed by atoms with Gasteiger partial charge in [0, 0.05) is 13.1 Å². The number of rotatable bonds is 5. The van der Waals surface area contributed by atoms with Crippen LogP contribution in [0.1, 0.15) is 45.2 Å². The molecule has 0 radical (unpaired) electrons. The number of aromatic nitrogens is 2. The van der Waals surface area contributed by atoms with E-state index >= 15 is 0 Å². The summed E-state index contributed by atoms with van der Waals surface area (Å²) in [4.78, 5) is 44.3. The van der Waals surface area contributed by atoms with Gasteiger partial charge in [-0.05, 0) is 57.9 Å². The van der Waals surface area contributed by atoms with Gasteiger partial charge in [0.25, 0.3) is 5.56 Å². The van der Waals surface area contributed by atoms with Crippen LogP contribution in [0.25, 0.3) is 10.9 Å². The fourth-order valence-corrected chi connectivity index (χ4v) is 3.92. The molecule has 3 aromatic rings. The highest BCUT2D eigenvalue weighted by Gasteiger charge is 2.31. The number of esters is 1. The lowest BCUT2D eigenvalue weighted by Gasteiger charge is -2.32. The molecule has 3 heterocycles. The number of ether oxygens (including phenoxy) is 2. The number of hydrogen-bond donors (Lipinski definition) is 0. The van der Waals surface area contributed by atoms with E-state index in [-0.39, 0.29) is 36.7 Å². The second-order valence-corrected chi connectivity index (χ2v) is 9.37. The lowest BCUT2D eigenvalue weighted by Crippen LogP contribution is -2.43. The maximum Gasteiger partial charge on any atom is 0.410 e. The van der Waals surface area contributed by atoms with Crippen molar-refractivity contribution in [3.8, 4) is 0 Å². The number of likely N-dealkylation sites (tertiary alicyclic amines) is 1. The van der Waals surface area contributed by atoms with Crippen molar-refractivity contribution >= 4 is 23.0 Å². The van der Waals surface area contributed by atoms with Crippen molar-refractivity contribution in [2.24, 2.45) is 5.92 Å². The van der Waals surface area contributed by atoms with Crippen LogP contribution in [-0.2, 0) is 27.4 Å². The number of nitrogens with zero attached hydrogens (tertiary/aromatic N) is 3. The summed E-state index contributed by atoms with van der Waals surface area (Å²) < 4.78 is 17.9. The molecule has 1 aliphatic heterocycles. The van der Waals surface area contributed by atoms with Crippen LogP contribution in [-0.4, -0.2) is 45.2 Å². The number of carbonyl (C=O) groups is 2. The van der Waals surface area contributed by atoms with Gasteiger partial charge in [0.2, 0.25) is 0 Å². The van der Waals surface area contributed by atoms with Gasteiger partial charge in [0.15, 0.2) is 5.82 Å². The predicted molar refractivity (Wildman–Crippen MR) is 124 cm³/mol. The predicted octanol–water partition coefficient (Wildman–Crippen LogP) is 3.73. The summed E-state index contributed by atoms with van der Waals surface area (Å²) in [5, 5.41) is 0.485. The van der Waals surface area contributed by atoms with E-state index in [1.165, 1.54) is 10.8 Å². The minimum absolute atomic E-state index is 0.133. The summed E-state index contributed by atoms with van der Waals surface area (Å²) in [5.41, 5.74) is -0.246. The van der Waals surface area contributed by atoms with Gasteiger partial charge >= 0.3 is 12.1 Å². The van der Waals surface area contributed by atoms with Gasteiger partial charge in [-0.25, -0.2) is 9.78 Å². The Morgan fingerprint density at radius 2 is 1.85 bits per heavy atom. The maximum absolute atomic E-state index is 13.1. The Balaban J connectivity index is 1.43. The zero-order chi connectivity index (χ0) is 24.3. The first-order chi connectivity index (χ1) is 16.2. The lowest BCUT2D eigenvalue weighted by atomic mass is 9.97. The average molecular weight is 468 g/mol. The zero-order valence-electron chi connectivity index (χ0n) is 19.7. The summed E-state index contributed by atoms with van der Waals surface area (Å²) in [5.74, 6) is 0.251. The van der Waals surface area contributed by atoms with Crippen molar-refractivity contribution in [3.63, 3.8) is 0 Å². The van der Waals surface area contributed by atoms with E-state index in [0.29, 0.717) is 48.4 Å². The van der Waals surface area contributed by atoms with Crippen molar-refractivity contribution in [2.75, 3.05) is 13.1 Å². The van der Waals surface area contributed by atoms with Crippen molar-refractivity contribution in [1.29, 1.82) is 0 Å². The third-order valence-electron chi connectivity index (χ3n) is 5.66. The number of fused-ring (bicyclic) bond motifs is 1. The zero-order valence-corrected chi connectivity index (χ0v) is 19.7. The molecule has 9 heteroatoms. The summed E-state index contributed by atoms with van der Waals surface area (Å²) in [7, 11) is 0. The fourth-order valence-electron chi connectivity index (χ4n) is 3.92. The third-order valence-corrected chi connectivity index (χ3v) is 5.66.